The molecule has 2 N–H and O–H groups in total. The minimum Gasteiger partial charge on any atom is -0.399 e. The number of benzene rings is 3. The molecule has 218 valence electrons. The number of anilines is 1. The van der Waals surface area contributed by atoms with E-state index in [0.29, 0.717) is 34.3 Å². The van der Waals surface area contributed by atoms with Gasteiger partial charge in [-0.05, 0) is 44.2 Å². The van der Waals surface area contributed by atoms with E-state index < -0.39 is 15.7 Å². The molecule has 0 unspecified atom stereocenters. The third kappa shape index (κ3) is 7.78. The lowest BCUT2D eigenvalue weighted by Gasteiger charge is -2.03. The Bertz CT molecular complexity index is 1980. The average molecular weight is 595 g/mol. The van der Waals surface area contributed by atoms with Gasteiger partial charge in [-0.3, -0.25) is 20.2 Å². The van der Waals surface area contributed by atoms with Crippen LogP contribution in [0.3, 0.4) is 0 Å². The number of halogens is 1. The first kappa shape index (κ1) is 31.5. The van der Waals surface area contributed by atoms with E-state index >= 15 is 0 Å². The minimum atomic E-state index is -0.747. The normalized spacial score (nSPS) is 9.64. The number of aromatic nitrogens is 6. The van der Waals surface area contributed by atoms with Gasteiger partial charge in [-0.25, -0.2) is 23.7 Å². The van der Waals surface area contributed by atoms with Crippen molar-refractivity contribution in [3.8, 4) is 29.6 Å². The number of hydrogen-bond donors (Lipinski definition) is 1. The zero-order chi connectivity index (χ0) is 32.4. The van der Waals surface area contributed by atoms with Gasteiger partial charge >= 0.3 is 0 Å². The molecule has 5 aromatic rings. The summed E-state index contributed by atoms with van der Waals surface area (Å²) in [6, 6.07) is 17.4. The van der Waals surface area contributed by atoms with Crippen LogP contribution in [0.2, 0.25) is 0 Å². The molecule has 0 amide bonds. The van der Waals surface area contributed by atoms with Crippen molar-refractivity contribution >= 4 is 17.1 Å². The average Bonchev–Trinajstić information content (AvgIpc) is 3.65. The Hall–Kier alpha value is -7.06. The van der Waals surface area contributed by atoms with Crippen LogP contribution in [0.25, 0.3) is 11.4 Å². The molecule has 17 heteroatoms. The number of nitrogen functional groups attached to an aromatic ring is 1. The zero-order valence-electron chi connectivity index (χ0n) is 22.9. The lowest BCUT2D eigenvalue weighted by Crippen LogP contribution is -1.99. The van der Waals surface area contributed by atoms with Crippen LogP contribution in [0, 0.1) is 73.9 Å². The quantitative estimate of drug-likeness (QED) is 0.176. The first-order valence-electron chi connectivity index (χ1n) is 12.1. The molecule has 0 saturated heterocycles. The second-order valence-corrected chi connectivity index (χ2v) is 8.46. The molecule has 0 aliphatic heterocycles. The Kier molecular flexibility index (Phi) is 10.0. The highest BCUT2D eigenvalue weighted by Gasteiger charge is 2.13. The molecule has 0 saturated carbocycles. The maximum atomic E-state index is 12.6. The molecule has 0 spiro atoms. The van der Waals surface area contributed by atoms with Crippen molar-refractivity contribution in [3.63, 3.8) is 0 Å². The van der Waals surface area contributed by atoms with E-state index in [2.05, 4.69) is 26.2 Å². The Morgan fingerprint density at radius 3 is 1.59 bits per heavy atom. The van der Waals surface area contributed by atoms with Crippen molar-refractivity contribution in [1.82, 2.24) is 29.5 Å². The number of non-ortho nitro benzene ring substituents is 2. The number of nitro benzene ring substituents is 2. The third-order valence-corrected chi connectivity index (χ3v) is 5.44. The molecule has 0 aliphatic rings. The Labute approximate surface area is 247 Å². The topological polar surface area (TPSA) is 245 Å². The van der Waals surface area contributed by atoms with E-state index in [4.69, 9.17) is 21.5 Å². The van der Waals surface area contributed by atoms with Crippen molar-refractivity contribution < 1.29 is 14.2 Å². The molecular weight excluding hydrogens is 575 g/mol. The smallest absolute Gasteiger partial charge is 0.270 e. The number of hydrogen-bond acceptors (Lipinski definition) is 12. The van der Waals surface area contributed by atoms with Gasteiger partial charge in [-0.1, -0.05) is 0 Å². The van der Waals surface area contributed by atoms with Gasteiger partial charge in [-0.15, -0.1) is 0 Å². The van der Waals surface area contributed by atoms with E-state index in [9.17, 15) is 24.6 Å². The summed E-state index contributed by atoms with van der Waals surface area (Å²) in [6.07, 6.45) is 3.03. The highest BCUT2D eigenvalue weighted by atomic mass is 19.1. The van der Waals surface area contributed by atoms with Crippen LogP contribution < -0.4 is 5.73 Å². The van der Waals surface area contributed by atoms with Gasteiger partial charge in [0.15, 0.2) is 0 Å². The summed E-state index contributed by atoms with van der Waals surface area (Å²) in [5, 5.41) is 55.1. The molecule has 0 radical (unpaired) electrons. The van der Waals surface area contributed by atoms with Crippen molar-refractivity contribution in [3.05, 3.63) is 122 Å². The molecule has 5 rings (SSSR count). The van der Waals surface area contributed by atoms with Crippen molar-refractivity contribution in [2.24, 2.45) is 0 Å². The summed E-state index contributed by atoms with van der Waals surface area (Å²) in [5.74, 6) is 0.478. The van der Waals surface area contributed by atoms with Crippen LogP contribution in [0.4, 0.5) is 21.5 Å². The summed E-state index contributed by atoms with van der Waals surface area (Å²) in [7, 11) is 0. The van der Waals surface area contributed by atoms with Crippen LogP contribution in [-0.4, -0.2) is 39.4 Å². The number of aryl methyl sites for hydroxylation is 2. The van der Waals surface area contributed by atoms with Crippen LogP contribution in [0.15, 0.2) is 67.3 Å². The fraction of sp³-hybridized carbons (Fsp3) is 0.0741. The summed E-state index contributed by atoms with van der Waals surface area (Å²) < 4.78 is 15.6. The molecule has 3 aromatic carbocycles. The molecule has 0 atom stereocenters. The standard InChI is InChI=1S/C10H7N5O2.C10H9N5.C7H3FN2O2/c1-7-12-6-14(13-7)10-3-2-9(15(16)17)4-8(10)5-11;1-7-13-6-15(14-7)10-3-2-9(12)4-8(10)5-11;8-7-2-1-6(10(11)12)3-5(7)4-9/h2-4,6H,1H3;2-4,6H,12H2,1H3;1-3H. The second kappa shape index (κ2) is 14.0. The first-order chi connectivity index (χ1) is 21.0. The van der Waals surface area contributed by atoms with E-state index in [0.717, 1.165) is 18.2 Å². The van der Waals surface area contributed by atoms with Crippen LogP contribution in [0.1, 0.15) is 28.3 Å². The molecule has 0 bridgehead atoms. The Balaban J connectivity index is 0.000000183. The zero-order valence-corrected chi connectivity index (χ0v) is 22.9. The molecule has 0 aliphatic carbocycles. The van der Waals surface area contributed by atoms with Crippen LogP contribution >= 0.6 is 0 Å². The summed E-state index contributed by atoms with van der Waals surface area (Å²) in [6.45, 7) is 3.51. The molecular formula is C27H19FN12O4. The van der Waals surface area contributed by atoms with Gasteiger partial charge < -0.3 is 5.73 Å². The Morgan fingerprint density at radius 2 is 1.16 bits per heavy atom. The highest BCUT2D eigenvalue weighted by Crippen LogP contribution is 2.20. The third-order valence-electron chi connectivity index (χ3n) is 5.44. The van der Waals surface area contributed by atoms with E-state index in [1.54, 1.807) is 43.1 Å². The molecule has 16 nitrogen and oxygen atoms in total. The Morgan fingerprint density at radius 1 is 0.727 bits per heavy atom. The number of nitrogens with two attached hydrogens (primary N) is 1. The number of nitriles is 3. The van der Waals surface area contributed by atoms with Crippen molar-refractivity contribution in [2.75, 3.05) is 5.73 Å². The lowest BCUT2D eigenvalue weighted by atomic mass is 10.2. The van der Waals surface area contributed by atoms with Gasteiger partial charge in [0, 0.05) is 30.0 Å². The van der Waals surface area contributed by atoms with Crippen LogP contribution in [-0.2, 0) is 0 Å². The van der Waals surface area contributed by atoms with Crippen molar-refractivity contribution in [2.45, 2.75) is 13.8 Å². The van der Waals surface area contributed by atoms with Gasteiger partial charge in [0.25, 0.3) is 11.4 Å². The SMILES string of the molecule is Cc1ncn(-c2ccc(N)cc2C#N)n1.Cc1ncn(-c2ccc([N+](=O)[O-])cc2C#N)n1.N#Cc1cc([N+](=O)[O-])ccc1F. The molecule has 0 fully saturated rings. The van der Waals surface area contributed by atoms with E-state index in [1.165, 1.54) is 35.3 Å². The lowest BCUT2D eigenvalue weighted by molar-refractivity contribution is -0.385. The van der Waals surface area contributed by atoms with Crippen molar-refractivity contribution in [1.29, 1.82) is 15.8 Å². The van der Waals surface area contributed by atoms with E-state index in [1.807, 2.05) is 6.07 Å². The summed E-state index contributed by atoms with van der Waals surface area (Å²) in [4.78, 5) is 27.4. The largest absolute Gasteiger partial charge is 0.399 e. The summed E-state index contributed by atoms with van der Waals surface area (Å²) in [5.41, 5.74) is 7.26. The molecule has 44 heavy (non-hydrogen) atoms. The highest BCUT2D eigenvalue weighted by molar-refractivity contribution is 5.56. The fourth-order valence-electron chi connectivity index (χ4n) is 3.41. The summed E-state index contributed by atoms with van der Waals surface area (Å²) >= 11 is 0. The number of nitro groups is 2. The first-order valence-corrected chi connectivity index (χ1v) is 12.1. The predicted octanol–water partition coefficient (Wildman–Crippen LogP) is 3.99. The minimum absolute atomic E-state index is 0.123. The number of rotatable bonds is 4. The maximum Gasteiger partial charge on any atom is 0.270 e. The fourth-order valence-corrected chi connectivity index (χ4v) is 3.41. The van der Waals surface area contributed by atoms with Gasteiger partial charge in [-0.2, -0.15) is 26.0 Å². The maximum absolute atomic E-state index is 12.6. The monoisotopic (exact) mass is 594 g/mol. The van der Waals surface area contributed by atoms with Gasteiger partial charge in [0.05, 0.1) is 37.9 Å². The molecule has 2 aromatic heterocycles. The van der Waals surface area contributed by atoms with Gasteiger partial charge in [0.2, 0.25) is 0 Å². The molecule has 2 heterocycles. The van der Waals surface area contributed by atoms with Gasteiger partial charge in [0.1, 0.15) is 48.3 Å². The number of nitrogens with zero attached hydrogens (tertiary/aromatic N) is 11. The van der Waals surface area contributed by atoms with E-state index in [-0.39, 0.29) is 22.5 Å². The second-order valence-electron chi connectivity index (χ2n) is 8.46. The predicted molar refractivity (Wildman–Crippen MR) is 150 cm³/mol. The van der Waals surface area contributed by atoms with Crippen LogP contribution in [0.5, 0.6) is 0 Å².